The second-order valence-corrected chi connectivity index (χ2v) is 4.02. The van der Waals surface area contributed by atoms with Crippen LogP contribution in [0, 0.1) is 0 Å². The van der Waals surface area contributed by atoms with Gasteiger partial charge >= 0.3 is 0 Å². The lowest BCUT2D eigenvalue weighted by atomic mass is 10.0. The van der Waals surface area contributed by atoms with Crippen LogP contribution in [-0.2, 0) is 14.4 Å². The highest BCUT2D eigenvalue weighted by molar-refractivity contribution is 5.77. The van der Waals surface area contributed by atoms with E-state index in [0.717, 1.165) is 12.8 Å². The molecular formula is C10H22N2O3. The van der Waals surface area contributed by atoms with E-state index >= 15 is 0 Å². The molecule has 0 bridgehead atoms. The van der Waals surface area contributed by atoms with Gasteiger partial charge in [0.15, 0.2) is 0 Å². The van der Waals surface area contributed by atoms with Crippen molar-refractivity contribution in [3.8, 4) is 0 Å². The fourth-order valence-corrected chi connectivity index (χ4v) is 1.32. The minimum Gasteiger partial charge on any atom is -0.374 e. The molecule has 0 aliphatic heterocycles. The Balaban J connectivity index is 3.49. The third-order valence-corrected chi connectivity index (χ3v) is 1.98. The number of amides is 1. The highest BCUT2D eigenvalue weighted by Crippen LogP contribution is 2.15. The van der Waals surface area contributed by atoms with E-state index in [9.17, 15) is 4.79 Å². The van der Waals surface area contributed by atoms with Crippen LogP contribution in [0.3, 0.4) is 0 Å². The molecule has 0 aliphatic carbocycles. The van der Waals surface area contributed by atoms with Crippen LogP contribution in [0.1, 0.15) is 33.6 Å². The maximum absolute atomic E-state index is 10.9. The monoisotopic (exact) mass is 218 g/mol. The standard InChI is InChI=1S/C10H22N2O3/c1-4-5-10(2,3)14-7-6-12-9(13)8-15-11/h4-8,11H2,1-3H3,(H,12,13). The Morgan fingerprint density at radius 2 is 2.13 bits per heavy atom. The molecule has 15 heavy (non-hydrogen) atoms. The van der Waals surface area contributed by atoms with Crippen molar-refractivity contribution in [1.82, 2.24) is 5.32 Å². The number of hydrogen-bond acceptors (Lipinski definition) is 4. The second-order valence-electron chi connectivity index (χ2n) is 4.02. The molecule has 0 rings (SSSR count). The first kappa shape index (κ1) is 14.3. The third-order valence-electron chi connectivity index (χ3n) is 1.98. The van der Waals surface area contributed by atoms with Crippen molar-refractivity contribution < 1.29 is 14.4 Å². The van der Waals surface area contributed by atoms with Gasteiger partial charge in [-0.05, 0) is 20.3 Å². The predicted octanol–water partition coefficient (Wildman–Crippen LogP) is 0.588. The summed E-state index contributed by atoms with van der Waals surface area (Å²) in [6.07, 6.45) is 2.09. The van der Waals surface area contributed by atoms with Gasteiger partial charge in [0.05, 0.1) is 12.2 Å². The summed E-state index contributed by atoms with van der Waals surface area (Å²) in [6, 6.07) is 0. The maximum Gasteiger partial charge on any atom is 0.248 e. The molecule has 0 saturated carbocycles. The van der Waals surface area contributed by atoms with Crippen molar-refractivity contribution in [2.45, 2.75) is 39.2 Å². The highest BCUT2D eigenvalue weighted by Gasteiger charge is 2.16. The van der Waals surface area contributed by atoms with Crippen LogP contribution in [-0.4, -0.2) is 31.3 Å². The number of rotatable bonds is 8. The quantitative estimate of drug-likeness (QED) is 0.462. The zero-order valence-corrected chi connectivity index (χ0v) is 9.84. The van der Waals surface area contributed by atoms with Gasteiger partial charge in [0.25, 0.3) is 0 Å². The first-order valence-electron chi connectivity index (χ1n) is 5.24. The Labute approximate surface area is 91.3 Å². The fourth-order valence-electron chi connectivity index (χ4n) is 1.32. The fraction of sp³-hybridized carbons (Fsp3) is 0.900. The molecule has 0 unspecified atom stereocenters. The minimum absolute atomic E-state index is 0.113. The van der Waals surface area contributed by atoms with Crippen LogP contribution in [0.25, 0.3) is 0 Å². The van der Waals surface area contributed by atoms with Gasteiger partial charge in [0.2, 0.25) is 5.91 Å². The number of nitrogens with one attached hydrogen (secondary N) is 1. The average Bonchev–Trinajstić information content (AvgIpc) is 2.13. The molecule has 0 heterocycles. The number of hydrogen-bond donors (Lipinski definition) is 2. The lowest BCUT2D eigenvalue weighted by Crippen LogP contribution is -2.34. The first-order valence-corrected chi connectivity index (χ1v) is 5.24. The largest absolute Gasteiger partial charge is 0.374 e. The molecule has 90 valence electrons. The molecule has 0 fully saturated rings. The van der Waals surface area contributed by atoms with Crippen LogP contribution in [0.15, 0.2) is 0 Å². The number of ether oxygens (including phenoxy) is 1. The summed E-state index contributed by atoms with van der Waals surface area (Å²) in [6.45, 7) is 7.07. The molecule has 0 atom stereocenters. The zero-order valence-electron chi connectivity index (χ0n) is 9.84. The normalized spacial score (nSPS) is 11.5. The second kappa shape index (κ2) is 7.62. The van der Waals surface area contributed by atoms with Crippen molar-refractivity contribution in [3.05, 3.63) is 0 Å². The number of nitrogens with two attached hydrogens (primary N) is 1. The van der Waals surface area contributed by atoms with E-state index in [1.54, 1.807) is 0 Å². The Hall–Kier alpha value is -0.650. The topological polar surface area (TPSA) is 73.6 Å². The summed E-state index contributed by atoms with van der Waals surface area (Å²) >= 11 is 0. The predicted molar refractivity (Wildman–Crippen MR) is 58.1 cm³/mol. The SMILES string of the molecule is CCCC(C)(C)OCCNC(=O)CON. The first-order chi connectivity index (χ1) is 7.02. The third kappa shape index (κ3) is 8.35. The van der Waals surface area contributed by atoms with Gasteiger partial charge in [0, 0.05) is 6.54 Å². The summed E-state index contributed by atoms with van der Waals surface area (Å²) in [5.74, 6) is 4.52. The van der Waals surface area contributed by atoms with E-state index in [4.69, 9.17) is 10.6 Å². The minimum atomic E-state index is -0.227. The van der Waals surface area contributed by atoms with E-state index in [2.05, 4.69) is 17.1 Å². The van der Waals surface area contributed by atoms with Gasteiger partial charge < -0.3 is 10.1 Å². The summed E-state index contributed by atoms with van der Waals surface area (Å²) in [7, 11) is 0. The summed E-state index contributed by atoms with van der Waals surface area (Å²) in [5, 5.41) is 2.63. The maximum atomic E-state index is 10.9. The van der Waals surface area contributed by atoms with E-state index in [1.807, 2.05) is 13.8 Å². The Morgan fingerprint density at radius 3 is 2.67 bits per heavy atom. The zero-order chi connectivity index (χ0) is 11.7. The molecule has 5 nitrogen and oxygen atoms in total. The van der Waals surface area contributed by atoms with Crippen molar-refractivity contribution >= 4 is 5.91 Å². The Kier molecular flexibility index (Phi) is 7.29. The highest BCUT2D eigenvalue weighted by atomic mass is 16.6. The van der Waals surface area contributed by atoms with Crippen LogP contribution < -0.4 is 11.2 Å². The molecule has 1 amide bonds. The van der Waals surface area contributed by atoms with Gasteiger partial charge in [0.1, 0.15) is 6.61 Å². The Bertz CT molecular complexity index is 184. The molecule has 0 aromatic rings. The number of carbonyl (C=O) groups excluding carboxylic acids is 1. The smallest absolute Gasteiger partial charge is 0.248 e. The lowest BCUT2D eigenvalue weighted by Gasteiger charge is -2.24. The molecule has 0 aromatic heterocycles. The van der Waals surface area contributed by atoms with Crippen LogP contribution in [0.2, 0.25) is 0 Å². The molecule has 0 saturated heterocycles. The average molecular weight is 218 g/mol. The van der Waals surface area contributed by atoms with Gasteiger partial charge in [-0.25, -0.2) is 5.90 Å². The van der Waals surface area contributed by atoms with Gasteiger partial charge in [-0.3, -0.25) is 9.63 Å². The molecule has 0 radical (unpaired) electrons. The van der Waals surface area contributed by atoms with Crippen molar-refractivity contribution in [1.29, 1.82) is 0 Å². The van der Waals surface area contributed by atoms with E-state index < -0.39 is 0 Å². The van der Waals surface area contributed by atoms with Gasteiger partial charge in [-0.2, -0.15) is 0 Å². The van der Waals surface area contributed by atoms with E-state index in [1.165, 1.54) is 0 Å². The molecule has 0 spiro atoms. The number of carbonyl (C=O) groups is 1. The Morgan fingerprint density at radius 1 is 1.47 bits per heavy atom. The lowest BCUT2D eigenvalue weighted by molar-refractivity contribution is -0.126. The molecule has 5 heteroatoms. The van der Waals surface area contributed by atoms with Crippen molar-refractivity contribution in [2.24, 2.45) is 5.90 Å². The van der Waals surface area contributed by atoms with Crippen LogP contribution >= 0.6 is 0 Å². The van der Waals surface area contributed by atoms with E-state index in [-0.39, 0.29) is 18.1 Å². The molecule has 0 aliphatic rings. The van der Waals surface area contributed by atoms with Gasteiger partial charge in [-0.15, -0.1) is 0 Å². The summed E-state index contributed by atoms with van der Waals surface area (Å²) in [4.78, 5) is 15.1. The van der Waals surface area contributed by atoms with Gasteiger partial charge in [-0.1, -0.05) is 13.3 Å². The summed E-state index contributed by atoms with van der Waals surface area (Å²) < 4.78 is 5.61. The van der Waals surface area contributed by atoms with E-state index in [0.29, 0.717) is 13.2 Å². The van der Waals surface area contributed by atoms with Crippen LogP contribution in [0.4, 0.5) is 0 Å². The molecule has 0 aromatic carbocycles. The van der Waals surface area contributed by atoms with Crippen LogP contribution in [0.5, 0.6) is 0 Å². The molecule has 3 N–H and O–H groups in total. The van der Waals surface area contributed by atoms with Crippen molar-refractivity contribution in [3.63, 3.8) is 0 Å². The van der Waals surface area contributed by atoms with Crippen molar-refractivity contribution in [2.75, 3.05) is 19.8 Å². The molecular weight excluding hydrogens is 196 g/mol. The summed E-state index contributed by atoms with van der Waals surface area (Å²) in [5.41, 5.74) is -0.121.